The van der Waals surface area contributed by atoms with E-state index in [9.17, 15) is 18.3 Å². The van der Waals surface area contributed by atoms with E-state index < -0.39 is 28.0 Å². The molecule has 2 aromatic rings. The Morgan fingerprint density at radius 1 is 1.43 bits per heavy atom. The molecule has 114 valence electrons. The Balaban J connectivity index is 2.42. The zero-order valence-electron chi connectivity index (χ0n) is 11.4. The number of carboxylic acid groups (broad SMARTS) is 1. The predicted octanol–water partition coefficient (Wildman–Crippen LogP) is 0.134. The first kappa shape index (κ1) is 15.8. The maximum atomic E-state index is 12.4. The van der Waals surface area contributed by atoms with Gasteiger partial charge < -0.3 is 9.90 Å². The number of benzene rings is 1. The van der Waals surface area contributed by atoms with Crippen molar-refractivity contribution in [3.63, 3.8) is 0 Å². The van der Waals surface area contributed by atoms with Gasteiger partial charge in [-0.1, -0.05) is 26.3 Å². The Bertz CT molecular complexity index is 757. The fourth-order valence-corrected chi connectivity index (χ4v) is 3.92. The van der Waals surface area contributed by atoms with Crippen LogP contribution < -0.4 is 9.83 Å². The highest BCUT2D eigenvalue weighted by atomic mass is 32.2. The molecule has 0 aliphatic carbocycles. The van der Waals surface area contributed by atoms with Crippen LogP contribution in [0.4, 0.5) is 0 Å². The highest BCUT2D eigenvalue weighted by molar-refractivity contribution is 7.89. The average Bonchev–Trinajstić information content (AvgIpc) is 2.91. The average molecular weight is 328 g/mol. The summed E-state index contributed by atoms with van der Waals surface area (Å²) in [6.45, 7) is 3.42. The Kier molecular flexibility index (Phi) is 4.55. The molecule has 0 radical (unpaired) electrons. The molecule has 1 heterocycles. The van der Waals surface area contributed by atoms with Crippen LogP contribution in [0.2, 0.25) is 0 Å². The highest BCUT2D eigenvalue weighted by Gasteiger charge is 2.26. The number of sulfonamides is 1. The molecule has 2 unspecified atom stereocenters. The summed E-state index contributed by atoms with van der Waals surface area (Å²) < 4.78 is 34.9. The van der Waals surface area contributed by atoms with Gasteiger partial charge in [-0.15, -0.1) is 0 Å². The smallest absolute Gasteiger partial charge is 0.243 e. The van der Waals surface area contributed by atoms with Crippen molar-refractivity contribution >= 4 is 38.8 Å². The van der Waals surface area contributed by atoms with Crippen molar-refractivity contribution in [2.45, 2.75) is 31.2 Å². The Morgan fingerprint density at radius 3 is 2.76 bits per heavy atom. The van der Waals surface area contributed by atoms with Gasteiger partial charge in [-0.3, -0.25) is 0 Å². The van der Waals surface area contributed by atoms with Crippen molar-refractivity contribution in [1.29, 1.82) is 0 Å². The third-order valence-electron chi connectivity index (χ3n) is 3.29. The summed E-state index contributed by atoms with van der Waals surface area (Å²) >= 11 is 0.898. The molecule has 2 atom stereocenters. The first-order valence-electron chi connectivity index (χ1n) is 6.31. The van der Waals surface area contributed by atoms with E-state index >= 15 is 0 Å². The van der Waals surface area contributed by atoms with E-state index in [0.717, 1.165) is 11.7 Å². The quantitative estimate of drug-likeness (QED) is 0.807. The van der Waals surface area contributed by atoms with Gasteiger partial charge in [0.1, 0.15) is 15.9 Å². The van der Waals surface area contributed by atoms with Gasteiger partial charge >= 0.3 is 0 Å². The van der Waals surface area contributed by atoms with E-state index in [0.29, 0.717) is 11.9 Å². The summed E-state index contributed by atoms with van der Waals surface area (Å²) in [5.41, 5.74) is 0.688. The molecule has 0 bridgehead atoms. The zero-order chi connectivity index (χ0) is 15.6. The van der Waals surface area contributed by atoms with E-state index in [1.807, 2.05) is 0 Å². The van der Waals surface area contributed by atoms with Crippen LogP contribution in [0, 0.1) is 5.92 Å². The molecular formula is C12H14N3O4S2-. The second-order valence-corrected chi connectivity index (χ2v) is 6.90. The van der Waals surface area contributed by atoms with Gasteiger partial charge in [0.05, 0.1) is 23.7 Å². The fraction of sp³-hybridized carbons (Fsp3) is 0.417. The second kappa shape index (κ2) is 6.04. The second-order valence-electron chi connectivity index (χ2n) is 4.69. The Hall–Kier alpha value is -1.58. The summed E-state index contributed by atoms with van der Waals surface area (Å²) in [7, 11) is -4.02. The third kappa shape index (κ3) is 3.20. The molecule has 0 saturated carbocycles. The molecule has 0 saturated heterocycles. The van der Waals surface area contributed by atoms with Crippen molar-refractivity contribution in [3.05, 3.63) is 18.2 Å². The monoisotopic (exact) mass is 328 g/mol. The van der Waals surface area contributed by atoms with E-state index in [1.54, 1.807) is 19.9 Å². The lowest BCUT2D eigenvalue weighted by molar-refractivity contribution is -0.309. The molecule has 9 heteroatoms. The van der Waals surface area contributed by atoms with Gasteiger partial charge in [-0.25, -0.2) is 13.1 Å². The minimum Gasteiger partial charge on any atom is -0.548 e. The minimum atomic E-state index is -4.02. The van der Waals surface area contributed by atoms with Gasteiger partial charge in [0.15, 0.2) is 0 Å². The molecule has 0 amide bonds. The molecule has 0 spiro atoms. The van der Waals surface area contributed by atoms with E-state index in [4.69, 9.17) is 0 Å². The number of hydrogen-bond acceptors (Lipinski definition) is 7. The van der Waals surface area contributed by atoms with Gasteiger partial charge in [0.2, 0.25) is 10.0 Å². The summed E-state index contributed by atoms with van der Waals surface area (Å²) in [6.07, 6.45) is 0.504. The molecule has 1 aromatic carbocycles. The number of aromatic nitrogens is 2. The number of nitrogens with one attached hydrogen (secondary N) is 1. The van der Waals surface area contributed by atoms with Crippen molar-refractivity contribution in [3.8, 4) is 0 Å². The van der Waals surface area contributed by atoms with Crippen LogP contribution in [0.1, 0.15) is 20.3 Å². The summed E-state index contributed by atoms with van der Waals surface area (Å²) in [5.74, 6) is -1.84. The maximum Gasteiger partial charge on any atom is 0.243 e. The summed E-state index contributed by atoms with van der Waals surface area (Å²) in [6, 6.07) is 3.26. The molecule has 2 rings (SSSR count). The van der Waals surface area contributed by atoms with Crippen molar-refractivity contribution in [2.75, 3.05) is 0 Å². The molecular weight excluding hydrogens is 314 g/mol. The first-order chi connectivity index (χ1) is 9.86. The number of fused-ring (bicyclic) bond motifs is 1. The van der Waals surface area contributed by atoms with Crippen molar-refractivity contribution < 1.29 is 18.3 Å². The topological polar surface area (TPSA) is 112 Å². The fourth-order valence-electron chi connectivity index (χ4n) is 1.86. The lowest BCUT2D eigenvalue weighted by atomic mass is 10.0. The van der Waals surface area contributed by atoms with E-state index in [1.165, 1.54) is 12.1 Å². The number of rotatable bonds is 6. The Morgan fingerprint density at radius 2 is 2.14 bits per heavy atom. The first-order valence-corrected chi connectivity index (χ1v) is 8.52. The van der Waals surface area contributed by atoms with Crippen LogP contribution in [0.25, 0.3) is 11.0 Å². The minimum absolute atomic E-state index is 0.0803. The van der Waals surface area contributed by atoms with Crippen LogP contribution in [-0.2, 0) is 14.8 Å². The molecule has 7 nitrogen and oxygen atoms in total. The molecule has 1 aromatic heterocycles. The SMILES string of the molecule is CCC(C)C(NS(=O)(=O)c1cccc2nsnc12)C(=O)[O-]. The van der Waals surface area contributed by atoms with Gasteiger partial charge in [-0.2, -0.15) is 8.75 Å². The van der Waals surface area contributed by atoms with Gasteiger partial charge in [0, 0.05) is 0 Å². The van der Waals surface area contributed by atoms with Crippen LogP contribution in [-0.4, -0.2) is 29.2 Å². The van der Waals surface area contributed by atoms with E-state index in [-0.39, 0.29) is 10.4 Å². The summed E-state index contributed by atoms with van der Waals surface area (Å²) in [4.78, 5) is 11.1. The molecule has 0 aliphatic heterocycles. The van der Waals surface area contributed by atoms with Crippen molar-refractivity contribution in [1.82, 2.24) is 13.5 Å². The molecule has 0 fully saturated rings. The van der Waals surface area contributed by atoms with Crippen LogP contribution in [0.3, 0.4) is 0 Å². The van der Waals surface area contributed by atoms with Crippen LogP contribution >= 0.6 is 11.7 Å². The predicted molar refractivity (Wildman–Crippen MR) is 76.0 cm³/mol. The maximum absolute atomic E-state index is 12.4. The largest absolute Gasteiger partial charge is 0.548 e. The van der Waals surface area contributed by atoms with Gasteiger partial charge in [-0.05, 0) is 18.1 Å². The molecule has 21 heavy (non-hydrogen) atoms. The zero-order valence-corrected chi connectivity index (χ0v) is 13.1. The van der Waals surface area contributed by atoms with Crippen LogP contribution in [0.15, 0.2) is 23.1 Å². The number of carbonyl (C=O) groups is 1. The van der Waals surface area contributed by atoms with E-state index in [2.05, 4.69) is 13.5 Å². The summed E-state index contributed by atoms with van der Waals surface area (Å²) in [5, 5.41) is 11.2. The number of carboxylic acids is 1. The standard InChI is InChI=1S/C12H15N3O4S2/c1-3-7(2)10(12(16)17)15-21(18,19)9-6-4-5-8-11(9)14-20-13-8/h4-7,10,15H,3H2,1-2H3,(H,16,17)/p-1. The third-order valence-corrected chi connectivity index (χ3v) is 5.30. The molecule has 0 aliphatic rings. The van der Waals surface area contributed by atoms with Crippen LogP contribution in [0.5, 0.6) is 0 Å². The van der Waals surface area contributed by atoms with Gasteiger partial charge in [0.25, 0.3) is 0 Å². The lowest BCUT2D eigenvalue weighted by Gasteiger charge is -2.24. The Labute approximate surface area is 126 Å². The highest BCUT2D eigenvalue weighted by Crippen LogP contribution is 2.22. The molecule has 1 N–H and O–H groups in total. The number of hydrogen-bond donors (Lipinski definition) is 1. The van der Waals surface area contributed by atoms with Crippen molar-refractivity contribution in [2.24, 2.45) is 5.92 Å². The number of carbonyl (C=O) groups excluding carboxylic acids is 1. The number of aliphatic carboxylic acids is 1. The normalized spacial score (nSPS) is 15.0. The lowest BCUT2D eigenvalue weighted by Crippen LogP contribution is -2.51. The number of nitrogens with zero attached hydrogens (tertiary/aromatic N) is 2.